The number of carbonyl (C=O) groups excluding carboxylic acids is 2. The van der Waals surface area contributed by atoms with E-state index in [0.717, 1.165) is 61.9 Å². The van der Waals surface area contributed by atoms with E-state index in [0.29, 0.717) is 5.92 Å². The molecule has 2 aromatic rings. The monoisotopic (exact) mass is 369 g/mol. The van der Waals surface area contributed by atoms with Crippen molar-refractivity contribution in [2.75, 3.05) is 26.7 Å². The van der Waals surface area contributed by atoms with Gasteiger partial charge in [-0.3, -0.25) is 9.59 Å². The number of nitrogens with one attached hydrogen (secondary N) is 1. The van der Waals surface area contributed by atoms with Crippen LogP contribution in [0, 0.1) is 5.92 Å². The van der Waals surface area contributed by atoms with Crippen LogP contribution in [0.4, 0.5) is 0 Å². The minimum atomic E-state index is -0.254. The third kappa shape index (κ3) is 3.34. The van der Waals surface area contributed by atoms with E-state index in [4.69, 9.17) is 4.74 Å². The van der Waals surface area contributed by atoms with Crippen molar-refractivity contribution in [1.82, 2.24) is 14.8 Å². The van der Waals surface area contributed by atoms with Crippen LogP contribution in [0.15, 0.2) is 18.2 Å². The van der Waals surface area contributed by atoms with Gasteiger partial charge in [-0.15, -0.1) is 0 Å². The molecule has 6 nitrogen and oxygen atoms in total. The molecule has 0 spiro atoms. The van der Waals surface area contributed by atoms with E-state index in [1.807, 2.05) is 27.7 Å². The van der Waals surface area contributed by atoms with Crippen LogP contribution in [-0.2, 0) is 29.0 Å². The molecule has 2 aliphatic rings. The van der Waals surface area contributed by atoms with Crippen LogP contribution in [0.3, 0.4) is 0 Å². The number of aromatic nitrogens is 1. The highest BCUT2D eigenvalue weighted by Gasteiger charge is 2.25. The van der Waals surface area contributed by atoms with Crippen LogP contribution in [0.2, 0.25) is 0 Å². The van der Waals surface area contributed by atoms with Crippen LogP contribution < -0.4 is 5.32 Å². The molecule has 27 heavy (non-hydrogen) atoms. The lowest BCUT2D eigenvalue weighted by atomic mass is 9.98. The van der Waals surface area contributed by atoms with Gasteiger partial charge in [-0.05, 0) is 42.5 Å². The smallest absolute Gasteiger partial charge is 0.325 e. The van der Waals surface area contributed by atoms with Crippen molar-refractivity contribution in [3.63, 3.8) is 0 Å². The number of benzene rings is 1. The lowest BCUT2D eigenvalue weighted by Gasteiger charge is -2.30. The summed E-state index contributed by atoms with van der Waals surface area (Å²) in [6.07, 6.45) is 3.01. The standard InChI is InChI=1S/C21H27N3O3/c1-14-6-9-23(10-7-14)21(26)15-3-4-18-16(11-15)17-12-22-8-5-19(17)24(18)13-20(25)27-2/h3-4,11,14,22H,5-10,12-13H2,1-2H3. The predicted octanol–water partition coefficient (Wildman–Crippen LogP) is 2.33. The Kier molecular flexibility index (Phi) is 4.91. The molecule has 0 atom stereocenters. The number of amides is 1. The zero-order valence-corrected chi connectivity index (χ0v) is 16.1. The van der Waals surface area contributed by atoms with Gasteiger partial charge in [0.25, 0.3) is 5.91 Å². The molecule has 1 saturated heterocycles. The Bertz CT molecular complexity index is 878. The van der Waals surface area contributed by atoms with E-state index in [1.165, 1.54) is 18.4 Å². The van der Waals surface area contributed by atoms with Crippen LogP contribution in [0.5, 0.6) is 0 Å². The van der Waals surface area contributed by atoms with Crippen molar-refractivity contribution in [3.8, 4) is 0 Å². The molecule has 1 fully saturated rings. The molecular formula is C21H27N3O3. The second-order valence-electron chi connectivity index (χ2n) is 7.72. The molecule has 1 aromatic heterocycles. The second-order valence-corrected chi connectivity index (χ2v) is 7.72. The highest BCUT2D eigenvalue weighted by Crippen LogP contribution is 2.30. The minimum Gasteiger partial charge on any atom is -0.468 e. The molecule has 1 N–H and O–H groups in total. The second kappa shape index (κ2) is 7.35. The number of nitrogens with zero attached hydrogens (tertiary/aromatic N) is 2. The molecule has 6 heteroatoms. The van der Waals surface area contributed by atoms with E-state index >= 15 is 0 Å². The van der Waals surface area contributed by atoms with Gasteiger partial charge in [0.05, 0.1) is 7.11 Å². The highest BCUT2D eigenvalue weighted by molar-refractivity contribution is 5.99. The third-order valence-corrected chi connectivity index (χ3v) is 5.96. The summed E-state index contributed by atoms with van der Waals surface area (Å²) in [6, 6.07) is 5.89. The van der Waals surface area contributed by atoms with E-state index in [2.05, 4.69) is 12.2 Å². The number of rotatable bonds is 3. The average Bonchev–Trinajstić information content (AvgIpc) is 3.01. The molecule has 0 aliphatic carbocycles. The van der Waals surface area contributed by atoms with Crippen molar-refractivity contribution >= 4 is 22.8 Å². The van der Waals surface area contributed by atoms with Crippen molar-refractivity contribution in [1.29, 1.82) is 0 Å². The van der Waals surface area contributed by atoms with Gasteiger partial charge in [-0.1, -0.05) is 6.92 Å². The van der Waals surface area contributed by atoms with Crippen molar-refractivity contribution in [3.05, 3.63) is 35.0 Å². The van der Waals surface area contributed by atoms with Crippen LogP contribution >= 0.6 is 0 Å². The first-order valence-corrected chi connectivity index (χ1v) is 9.79. The number of fused-ring (bicyclic) bond motifs is 3. The number of methoxy groups -OCH3 is 1. The number of esters is 1. The number of piperidine rings is 1. The fraction of sp³-hybridized carbons (Fsp3) is 0.524. The van der Waals surface area contributed by atoms with Gasteiger partial charge in [0, 0.05) is 54.8 Å². The Morgan fingerprint density at radius 3 is 2.78 bits per heavy atom. The van der Waals surface area contributed by atoms with Gasteiger partial charge in [0.1, 0.15) is 6.54 Å². The lowest BCUT2D eigenvalue weighted by Crippen LogP contribution is -2.37. The number of ether oxygens (including phenoxy) is 1. The molecule has 3 heterocycles. The lowest BCUT2D eigenvalue weighted by molar-refractivity contribution is -0.141. The first kappa shape index (κ1) is 18.0. The van der Waals surface area contributed by atoms with Gasteiger partial charge >= 0.3 is 5.97 Å². The highest BCUT2D eigenvalue weighted by atomic mass is 16.5. The van der Waals surface area contributed by atoms with Crippen molar-refractivity contribution in [2.24, 2.45) is 5.92 Å². The van der Waals surface area contributed by atoms with E-state index in [9.17, 15) is 9.59 Å². The van der Waals surface area contributed by atoms with Gasteiger partial charge in [-0.25, -0.2) is 0 Å². The Morgan fingerprint density at radius 1 is 1.26 bits per heavy atom. The summed E-state index contributed by atoms with van der Waals surface area (Å²) in [5, 5.41) is 4.47. The topological polar surface area (TPSA) is 63.6 Å². The first-order valence-electron chi connectivity index (χ1n) is 9.79. The molecule has 2 aliphatic heterocycles. The Labute approximate surface area is 159 Å². The van der Waals surface area contributed by atoms with E-state index in [1.54, 1.807) is 0 Å². The van der Waals surface area contributed by atoms with Crippen LogP contribution in [-0.4, -0.2) is 48.1 Å². The maximum atomic E-state index is 13.0. The molecule has 1 aromatic carbocycles. The van der Waals surface area contributed by atoms with Crippen LogP contribution in [0.1, 0.15) is 41.4 Å². The summed E-state index contributed by atoms with van der Waals surface area (Å²) >= 11 is 0. The third-order valence-electron chi connectivity index (χ3n) is 5.96. The zero-order valence-electron chi connectivity index (χ0n) is 16.1. The van der Waals surface area contributed by atoms with Crippen molar-refractivity contribution < 1.29 is 14.3 Å². The largest absolute Gasteiger partial charge is 0.468 e. The van der Waals surface area contributed by atoms with Gasteiger partial charge in [0.2, 0.25) is 0 Å². The molecule has 0 unspecified atom stereocenters. The summed E-state index contributed by atoms with van der Waals surface area (Å²) in [7, 11) is 1.41. The molecule has 0 saturated carbocycles. The Balaban J connectivity index is 1.71. The number of carbonyl (C=O) groups is 2. The number of hydrogen-bond donors (Lipinski definition) is 1. The Hall–Kier alpha value is -2.34. The normalized spacial score (nSPS) is 17.8. The number of hydrogen-bond acceptors (Lipinski definition) is 4. The summed E-state index contributed by atoms with van der Waals surface area (Å²) in [5.41, 5.74) is 4.10. The van der Waals surface area contributed by atoms with Gasteiger partial charge in [-0.2, -0.15) is 0 Å². The number of likely N-dealkylation sites (tertiary alicyclic amines) is 1. The van der Waals surface area contributed by atoms with Gasteiger partial charge in [0.15, 0.2) is 0 Å². The molecular weight excluding hydrogens is 342 g/mol. The maximum Gasteiger partial charge on any atom is 0.325 e. The molecule has 1 amide bonds. The quantitative estimate of drug-likeness (QED) is 0.844. The summed E-state index contributed by atoms with van der Waals surface area (Å²) in [4.78, 5) is 26.8. The fourth-order valence-electron chi connectivity index (χ4n) is 4.28. The van der Waals surface area contributed by atoms with E-state index in [-0.39, 0.29) is 18.4 Å². The van der Waals surface area contributed by atoms with E-state index < -0.39 is 0 Å². The summed E-state index contributed by atoms with van der Waals surface area (Å²) in [6.45, 7) is 5.78. The molecule has 0 bridgehead atoms. The molecule has 144 valence electrons. The first-order chi connectivity index (χ1) is 13.1. The fourth-order valence-corrected chi connectivity index (χ4v) is 4.28. The molecule has 4 rings (SSSR count). The SMILES string of the molecule is COC(=O)Cn1c2c(c3cc(C(=O)N4CCC(C)CC4)ccc31)CNCC2. The van der Waals surface area contributed by atoms with Crippen LogP contribution in [0.25, 0.3) is 10.9 Å². The average molecular weight is 369 g/mol. The van der Waals surface area contributed by atoms with Crippen molar-refractivity contribution in [2.45, 2.75) is 39.3 Å². The van der Waals surface area contributed by atoms with Gasteiger partial charge < -0.3 is 19.5 Å². The molecule has 0 radical (unpaired) electrons. The zero-order chi connectivity index (χ0) is 19.0. The Morgan fingerprint density at radius 2 is 2.04 bits per heavy atom. The minimum absolute atomic E-state index is 0.113. The summed E-state index contributed by atoms with van der Waals surface area (Å²) < 4.78 is 6.93. The maximum absolute atomic E-state index is 13.0. The predicted molar refractivity (Wildman–Crippen MR) is 104 cm³/mol. The summed E-state index contributed by atoms with van der Waals surface area (Å²) in [5.74, 6) is 0.555.